The molecule has 0 atom stereocenters. The van der Waals surface area contributed by atoms with Gasteiger partial charge in [0, 0.05) is 5.69 Å². The molecule has 5 N–H and O–H groups in total. The van der Waals surface area contributed by atoms with Gasteiger partial charge in [-0.3, -0.25) is 0 Å². The Bertz CT molecular complexity index is 537. The van der Waals surface area contributed by atoms with Gasteiger partial charge in [-0.1, -0.05) is 0 Å². The molecule has 5 heteroatoms. The monoisotopic (exact) mass is 233 g/mol. The zero-order chi connectivity index (χ0) is 12.4. The molecule has 2 aromatic carbocycles. The van der Waals surface area contributed by atoms with E-state index >= 15 is 0 Å². The highest BCUT2D eigenvalue weighted by molar-refractivity contribution is 5.72. The van der Waals surface area contributed by atoms with Gasteiger partial charge in [0.05, 0.1) is 5.69 Å². The van der Waals surface area contributed by atoms with Gasteiger partial charge in [0.15, 0.2) is 11.5 Å². The van der Waals surface area contributed by atoms with E-state index in [4.69, 9.17) is 10.2 Å². The van der Waals surface area contributed by atoms with Gasteiger partial charge in [0.25, 0.3) is 0 Å². The number of hydrogen-bond donors (Lipinski definition) is 5. The summed E-state index contributed by atoms with van der Waals surface area (Å²) >= 11 is 0. The van der Waals surface area contributed by atoms with E-state index in [9.17, 15) is 10.2 Å². The van der Waals surface area contributed by atoms with Crippen molar-refractivity contribution in [3.05, 3.63) is 36.4 Å². The molecule has 0 spiro atoms. The molecule has 0 radical (unpaired) electrons. The molecule has 0 unspecified atom stereocenters. The summed E-state index contributed by atoms with van der Waals surface area (Å²) in [7, 11) is 0. The van der Waals surface area contributed by atoms with Crippen LogP contribution < -0.4 is 5.32 Å². The van der Waals surface area contributed by atoms with Gasteiger partial charge in [-0.15, -0.1) is 0 Å². The molecule has 2 rings (SSSR count). The van der Waals surface area contributed by atoms with E-state index in [1.54, 1.807) is 12.1 Å². The Kier molecular flexibility index (Phi) is 2.66. The molecule has 0 aliphatic carbocycles. The van der Waals surface area contributed by atoms with Crippen molar-refractivity contribution in [2.24, 2.45) is 0 Å². The van der Waals surface area contributed by atoms with Crippen molar-refractivity contribution in [2.45, 2.75) is 0 Å². The molecule has 0 aliphatic heterocycles. The summed E-state index contributed by atoms with van der Waals surface area (Å²) in [5, 5.41) is 40.0. The van der Waals surface area contributed by atoms with Crippen molar-refractivity contribution in [1.29, 1.82) is 0 Å². The summed E-state index contributed by atoms with van der Waals surface area (Å²) in [5.41, 5.74) is 0.883. The van der Waals surface area contributed by atoms with Crippen LogP contribution in [-0.4, -0.2) is 20.4 Å². The number of phenols is 4. The fraction of sp³-hybridized carbons (Fsp3) is 0. The number of benzene rings is 2. The molecule has 0 saturated heterocycles. The smallest absolute Gasteiger partial charge is 0.202 e. The van der Waals surface area contributed by atoms with Gasteiger partial charge < -0.3 is 25.7 Å². The summed E-state index contributed by atoms with van der Waals surface area (Å²) in [5.74, 6) is -1.26. The average molecular weight is 233 g/mol. The first-order valence-corrected chi connectivity index (χ1v) is 4.88. The predicted molar refractivity (Wildman–Crippen MR) is 62.8 cm³/mol. The highest BCUT2D eigenvalue weighted by Crippen LogP contribution is 2.41. The highest BCUT2D eigenvalue weighted by Gasteiger charge is 2.10. The second-order valence-electron chi connectivity index (χ2n) is 3.50. The zero-order valence-corrected chi connectivity index (χ0v) is 8.75. The quantitative estimate of drug-likeness (QED) is 0.405. The molecule has 88 valence electrons. The lowest BCUT2D eigenvalue weighted by Crippen LogP contribution is -1.90. The van der Waals surface area contributed by atoms with Crippen LogP contribution in [0.2, 0.25) is 0 Å². The average Bonchev–Trinajstić information content (AvgIpc) is 2.33. The summed E-state index contributed by atoms with van der Waals surface area (Å²) in [6.45, 7) is 0. The molecular formula is C12H11NO4. The zero-order valence-electron chi connectivity index (χ0n) is 8.75. The Labute approximate surface area is 97.2 Å². The predicted octanol–water partition coefficient (Wildman–Crippen LogP) is 2.25. The maximum absolute atomic E-state index is 9.57. The third-order valence-electron chi connectivity index (χ3n) is 2.28. The van der Waals surface area contributed by atoms with Crippen molar-refractivity contribution < 1.29 is 20.4 Å². The van der Waals surface area contributed by atoms with E-state index < -0.39 is 17.2 Å². The third kappa shape index (κ3) is 2.17. The summed E-state index contributed by atoms with van der Waals surface area (Å²) < 4.78 is 0. The molecule has 0 bridgehead atoms. The highest BCUT2D eigenvalue weighted by atomic mass is 16.3. The maximum Gasteiger partial charge on any atom is 0.202 e. The number of aromatic hydroxyl groups is 4. The molecule has 5 nitrogen and oxygen atoms in total. The maximum atomic E-state index is 9.57. The van der Waals surface area contributed by atoms with Crippen LogP contribution >= 0.6 is 0 Å². The van der Waals surface area contributed by atoms with Crippen molar-refractivity contribution in [2.75, 3.05) is 5.32 Å². The van der Waals surface area contributed by atoms with E-state index in [1.165, 1.54) is 24.3 Å². The molecule has 0 fully saturated rings. The minimum absolute atomic E-state index is 0.133. The van der Waals surface area contributed by atoms with E-state index in [0.29, 0.717) is 5.69 Å². The van der Waals surface area contributed by atoms with E-state index in [-0.39, 0.29) is 11.4 Å². The number of nitrogens with one attached hydrogen (secondary N) is 1. The topological polar surface area (TPSA) is 93.0 Å². The Hall–Kier alpha value is -2.56. The molecule has 2 aromatic rings. The fourth-order valence-electron chi connectivity index (χ4n) is 1.37. The SMILES string of the molecule is Oc1ccc(Nc2ccc(O)c(O)c2O)cc1. The summed E-state index contributed by atoms with van der Waals surface area (Å²) in [6, 6.07) is 8.88. The Morgan fingerprint density at radius 1 is 0.706 bits per heavy atom. The molecule has 0 aliphatic rings. The van der Waals surface area contributed by atoms with Crippen molar-refractivity contribution in [3.63, 3.8) is 0 Å². The number of rotatable bonds is 2. The van der Waals surface area contributed by atoms with Gasteiger partial charge in [-0.05, 0) is 36.4 Å². The summed E-state index contributed by atoms with van der Waals surface area (Å²) in [4.78, 5) is 0. The molecule has 0 heterocycles. The molecule has 0 saturated carbocycles. The minimum atomic E-state index is -0.575. The number of anilines is 2. The van der Waals surface area contributed by atoms with Gasteiger partial charge in [0.1, 0.15) is 5.75 Å². The Morgan fingerprint density at radius 2 is 1.35 bits per heavy atom. The standard InChI is InChI=1S/C12H11NO4/c14-8-3-1-7(2-4-8)13-9-5-6-10(15)12(17)11(9)16/h1-6,13-17H. The third-order valence-corrected chi connectivity index (χ3v) is 2.28. The Balaban J connectivity index is 2.30. The second-order valence-corrected chi connectivity index (χ2v) is 3.50. The lowest BCUT2D eigenvalue weighted by atomic mass is 10.2. The van der Waals surface area contributed by atoms with Gasteiger partial charge in [0.2, 0.25) is 5.75 Å². The van der Waals surface area contributed by atoms with Crippen LogP contribution in [0.3, 0.4) is 0 Å². The van der Waals surface area contributed by atoms with Crippen LogP contribution in [0, 0.1) is 0 Å². The Morgan fingerprint density at radius 3 is 2.00 bits per heavy atom. The van der Waals surface area contributed by atoms with Crippen LogP contribution in [0.1, 0.15) is 0 Å². The van der Waals surface area contributed by atoms with Crippen LogP contribution in [0.4, 0.5) is 11.4 Å². The summed E-state index contributed by atoms with van der Waals surface area (Å²) in [6.07, 6.45) is 0. The largest absolute Gasteiger partial charge is 0.508 e. The first-order chi connectivity index (χ1) is 8.08. The van der Waals surface area contributed by atoms with E-state index in [2.05, 4.69) is 5.32 Å². The van der Waals surface area contributed by atoms with Gasteiger partial charge in [-0.25, -0.2) is 0 Å². The van der Waals surface area contributed by atoms with Gasteiger partial charge in [-0.2, -0.15) is 0 Å². The van der Waals surface area contributed by atoms with Gasteiger partial charge >= 0.3 is 0 Å². The first kappa shape index (κ1) is 10.9. The molecule has 0 amide bonds. The number of phenolic OH excluding ortho intramolecular Hbond substituents is 4. The lowest BCUT2D eigenvalue weighted by Gasteiger charge is -2.10. The fourth-order valence-corrected chi connectivity index (χ4v) is 1.37. The normalized spacial score (nSPS) is 10.1. The first-order valence-electron chi connectivity index (χ1n) is 4.88. The molecule has 0 aromatic heterocycles. The lowest BCUT2D eigenvalue weighted by molar-refractivity contribution is 0.369. The number of hydrogen-bond acceptors (Lipinski definition) is 5. The van der Waals surface area contributed by atoms with Crippen LogP contribution in [0.5, 0.6) is 23.0 Å². The van der Waals surface area contributed by atoms with Crippen LogP contribution in [0.15, 0.2) is 36.4 Å². The van der Waals surface area contributed by atoms with Crippen molar-refractivity contribution >= 4 is 11.4 Å². The molecular weight excluding hydrogens is 222 g/mol. The van der Waals surface area contributed by atoms with E-state index in [0.717, 1.165) is 0 Å². The van der Waals surface area contributed by atoms with Crippen molar-refractivity contribution in [1.82, 2.24) is 0 Å². The van der Waals surface area contributed by atoms with Crippen molar-refractivity contribution in [3.8, 4) is 23.0 Å². The second kappa shape index (κ2) is 4.13. The van der Waals surface area contributed by atoms with Crippen LogP contribution in [0.25, 0.3) is 0 Å². The molecule has 17 heavy (non-hydrogen) atoms. The van der Waals surface area contributed by atoms with E-state index in [1.807, 2.05) is 0 Å². The van der Waals surface area contributed by atoms with Crippen LogP contribution in [-0.2, 0) is 0 Å². The minimum Gasteiger partial charge on any atom is -0.508 e.